The topological polar surface area (TPSA) is 55.1 Å². The van der Waals surface area contributed by atoms with Crippen LogP contribution in [0.2, 0.25) is 0 Å². The molecule has 18 heavy (non-hydrogen) atoms. The van der Waals surface area contributed by atoms with Crippen LogP contribution in [-0.4, -0.2) is 32.0 Å². The van der Waals surface area contributed by atoms with E-state index in [0.29, 0.717) is 5.78 Å². The summed E-state index contributed by atoms with van der Waals surface area (Å²) >= 11 is 5.64. The van der Waals surface area contributed by atoms with Gasteiger partial charge in [-0.3, -0.25) is 0 Å². The second kappa shape index (κ2) is 6.54. The lowest BCUT2D eigenvalue weighted by Crippen LogP contribution is -2.08. The number of halogens is 1. The molecule has 1 N–H and O–H groups in total. The molecule has 6 heteroatoms. The lowest BCUT2D eigenvalue weighted by Gasteiger charge is -2.08. The number of hydrogen-bond donors (Lipinski definition) is 1. The maximum atomic E-state index is 5.64. The van der Waals surface area contributed by atoms with E-state index >= 15 is 0 Å². The molecule has 2 heterocycles. The van der Waals surface area contributed by atoms with Crippen molar-refractivity contribution in [2.75, 3.05) is 17.7 Å². The highest BCUT2D eigenvalue weighted by atomic mass is 35.5. The van der Waals surface area contributed by atoms with E-state index in [0.717, 1.165) is 36.8 Å². The molecule has 0 aliphatic rings. The van der Waals surface area contributed by atoms with Crippen LogP contribution in [0.5, 0.6) is 0 Å². The van der Waals surface area contributed by atoms with Crippen LogP contribution in [0.1, 0.15) is 31.4 Å². The molecule has 0 spiro atoms. The number of nitrogens with zero attached hydrogens (tertiary/aromatic N) is 4. The van der Waals surface area contributed by atoms with Crippen molar-refractivity contribution in [2.24, 2.45) is 0 Å². The number of aryl methyl sites for hydroxylation is 1. The van der Waals surface area contributed by atoms with Crippen LogP contribution in [0.3, 0.4) is 0 Å². The van der Waals surface area contributed by atoms with Gasteiger partial charge < -0.3 is 5.32 Å². The molecule has 0 saturated heterocycles. The minimum atomic E-state index is 0.639. The largest absolute Gasteiger partial charge is 0.370 e. The quantitative estimate of drug-likeness (QED) is 0.619. The Bertz CT molecular complexity index is 496. The number of rotatable bonds is 7. The van der Waals surface area contributed by atoms with Gasteiger partial charge in [-0.2, -0.15) is 14.6 Å². The van der Waals surface area contributed by atoms with E-state index in [4.69, 9.17) is 11.6 Å². The van der Waals surface area contributed by atoms with E-state index in [9.17, 15) is 0 Å². The van der Waals surface area contributed by atoms with Gasteiger partial charge in [-0.25, -0.2) is 4.98 Å². The number of anilines is 1. The fraction of sp³-hybridized carbons (Fsp3) is 0.583. The van der Waals surface area contributed by atoms with E-state index in [-0.39, 0.29) is 0 Å². The molecule has 98 valence electrons. The molecule has 0 radical (unpaired) electrons. The number of fused-ring (bicyclic) bond motifs is 1. The Morgan fingerprint density at radius 3 is 2.94 bits per heavy atom. The van der Waals surface area contributed by atoms with E-state index < -0.39 is 0 Å². The van der Waals surface area contributed by atoms with Gasteiger partial charge in [0.25, 0.3) is 5.78 Å². The monoisotopic (exact) mass is 267 g/mol. The van der Waals surface area contributed by atoms with Crippen molar-refractivity contribution in [3.8, 4) is 0 Å². The third-order valence-electron chi connectivity index (χ3n) is 2.75. The summed E-state index contributed by atoms with van der Waals surface area (Å²) < 4.78 is 1.73. The van der Waals surface area contributed by atoms with Crippen LogP contribution in [-0.2, 0) is 0 Å². The third kappa shape index (κ3) is 3.32. The first-order valence-corrected chi connectivity index (χ1v) is 6.82. The Labute approximate surface area is 112 Å². The standard InChI is InChI=1S/C12H18ClN5/c1-10-8-11(14-7-5-3-2-4-6-13)18-12(17-10)15-9-16-18/h8-9,14H,2-7H2,1H3. The zero-order valence-corrected chi connectivity index (χ0v) is 11.3. The zero-order valence-electron chi connectivity index (χ0n) is 10.6. The van der Waals surface area contributed by atoms with Gasteiger partial charge in [-0.05, 0) is 19.8 Å². The fourth-order valence-electron chi connectivity index (χ4n) is 1.85. The first-order chi connectivity index (χ1) is 8.81. The van der Waals surface area contributed by atoms with Gasteiger partial charge in [-0.15, -0.1) is 11.6 Å². The van der Waals surface area contributed by atoms with Crippen molar-refractivity contribution in [3.05, 3.63) is 18.1 Å². The number of aromatic nitrogens is 4. The third-order valence-corrected chi connectivity index (χ3v) is 3.01. The van der Waals surface area contributed by atoms with Gasteiger partial charge in [0.05, 0.1) is 0 Å². The SMILES string of the molecule is Cc1cc(NCCCCCCCl)n2ncnc2n1. The predicted molar refractivity (Wildman–Crippen MR) is 73.2 cm³/mol. The summed E-state index contributed by atoms with van der Waals surface area (Å²) in [6, 6.07) is 1.99. The normalized spacial score (nSPS) is 11.0. The first-order valence-electron chi connectivity index (χ1n) is 6.28. The minimum Gasteiger partial charge on any atom is -0.370 e. The van der Waals surface area contributed by atoms with Crippen molar-refractivity contribution in [2.45, 2.75) is 32.6 Å². The van der Waals surface area contributed by atoms with Gasteiger partial charge in [0.2, 0.25) is 0 Å². The maximum absolute atomic E-state index is 5.64. The van der Waals surface area contributed by atoms with Crippen LogP contribution in [0.15, 0.2) is 12.4 Å². The molecule has 0 fully saturated rings. The summed E-state index contributed by atoms with van der Waals surface area (Å²) in [4.78, 5) is 8.39. The summed E-state index contributed by atoms with van der Waals surface area (Å²) in [5.41, 5.74) is 0.945. The van der Waals surface area contributed by atoms with Crippen molar-refractivity contribution < 1.29 is 0 Å². The van der Waals surface area contributed by atoms with Crippen LogP contribution in [0, 0.1) is 6.92 Å². The van der Waals surface area contributed by atoms with Crippen molar-refractivity contribution in [1.29, 1.82) is 0 Å². The smallest absolute Gasteiger partial charge is 0.254 e. The molecule has 2 aromatic rings. The lowest BCUT2D eigenvalue weighted by molar-refractivity contribution is 0.685. The van der Waals surface area contributed by atoms with Crippen LogP contribution >= 0.6 is 11.6 Å². The fourth-order valence-corrected chi connectivity index (χ4v) is 2.04. The van der Waals surface area contributed by atoms with E-state index in [1.54, 1.807) is 4.52 Å². The van der Waals surface area contributed by atoms with Crippen LogP contribution in [0.25, 0.3) is 5.78 Å². The molecule has 0 atom stereocenters. The minimum absolute atomic E-state index is 0.639. The van der Waals surface area contributed by atoms with E-state index in [2.05, 4.69) is 20.4 Å². The summed E-state index contributed by atoms with van der Waals surface area (Å²) in [6.45, 7) is 2.89. The Morgan fingerprint density at radius 2 is 2.11 bits per heavy atom. The Balaban J connectivity index is 1.89. The highest BCUT2D eigenvalue weighted by Gasteiger charge is 2.04. The molecule has 0 amide bonds. The summed E-state index contributed by atoms with van der Waals surface area (Å²) in [6.07, 6.45) is 6.15. The van der Waals surface area contributed by atoms with E-state index in [1.165, 1.54) is 19.2 Å². The van der Waals surface area contributed by atoms with Gasteiger partial charge in [0.1, 0.15) is 12.1 Å². The Kier molecular flexibility index (Phi) is 4.75. The maximum Gasteiger partial charge on any atom is 0.254 e. The van der Waals surface area contributed by atoms with Crippen LogP contribution in [0.4, 0.5) is 5.82 Å². The highest BCUT2D eigenvalue weighted by molar-refractivity contribution is 6.17. The average Bonchev–Trinajstić information content (AvgIpc) is 2.81. The molecule has 0 bridgehead atoms. The number of nitrogens with one attached hydrogen (secondary N) is 1. The molecule has 2 rings (SSSR count). The molecule has 2 aromatic heterocycles. The predicted octanol–water partition coefficient (Wildman–Crippen LogP) is 2.64. The molecule has 0 unspecified atom stereocenters. The van der Waals surface area contributed by atoms with Gasteiger partial charge in [-0.1, -0.05) is 12.8 Å². The molecule has 0 aromatic carbocycles. The summed E-state index contributed by atoms with van der Waals surface area (Å²) in [7, 11) is 0. The second-order valence-electron chi connectivity index (χ2n) is 4.28. The molecule has 0 aliphatic carbocycles. The lowest BCUT2D eigenvalue weighted by atomic mass is 10.2. The molecular formula is C12H18ClN5. The zero-order chi connectivity index (χ0) is 12.8. The van der Waals surface area contributed by atoms with Gasteiger partial charge in [0, 0.05) is 24.2 Å². The highest BCUT2D eigenvalue weighted by Crippen LogP contribution is 2.10. The number of unbranched alkanes of at least 4 members (excludes halogenated alkanes) is 3. The molecule has 0 saturated carbocycles. The number of hydrogen-bond acceptors (Lipinski definition) is 4. The summed E-state index contributed by atoms with van der Waals surface area (Å²) in [5, 5.41) is 7.53. The molecule has 0 aliphatic heterocycles. The van der Waals surface area contributed by atoms with Crippen molar-refractivity contribution >= 4 is 23.2 Å². The summed E-state index contributed by atoms with van der Waals surface area (Å²) in [5.74, 6) is 2.35. The second-order valence-corrected chi connectivity index (χ2v) is 4.66. The molecular weight excluding hydrogens is 250 g/mol. The van der Waals surface area contributed by atoms with Crippen LogP contribution < -0.4 is 5.32 Å². The van der Waals surface area contributed by atoms with Crippen molar-refractivity contribution in [3.63, 3.8) is 0 Å². The van der Waals surface area contributed by atoms with Gasteiger partial charge >= 0.3 is 0 Å². The first kappa shape index (κ1) is 13.1. The van der Waals surface area contributed by atoms with Gasteiger partial charge in [0.15, 0.2) is 0 Å². The van der Waals surface area contributed by atoms with Crippen molar-refractivity contribution in [1.82, 2.24) is 19.6 Å². The molecule has 5 nitrogen and oxygen atoms in total. The Morgan fingerprint density at radius 1 is 1.28 bits per heavy atom. The number of alkyl halides is 1. The van der Waals surface area contributed by atoms with E-state index in [1.807, 2.05) is 13.0 Å². The average molecular weight is 268 g/mol. The Hall–Kier alpha value is -1.36.